The molecular formula is C19H31NO. The molecule has 0 aromatic heterocycles. The van der Waals surface area contributed by atoms with Crippen molar-refractivity contribution in [2.24, 2.45) is 0 Å². The van der Waals surface area contributed by atoms with E-state index in [4.69, 9.17) is 4.74 Å². The molecule has 1 aliphatic rings. The molecule has 2 rings (SSSR count). The summed E-state index contributed by atoms with van der Waals surface area (Å²) in [6, 6.07) is 7.34. The van der Waals surface area contributed by atoms with Crippen LogP contribution in [0.4, 0.5) is 0 Å². The molecule has 0 saturated carbocycles. The Kier molecular flexibility index (Phi) is 6.72. The lowest BCUT2D eigenvalue weighted by Crippen LogP contribution is -2.23. The molecule has 0 aliphatic carbocycles. The van der Waals surface area contributed by atoms with Crippen molar-refractivity contribution >= 4 is 0 Å². The van der Waals surface area contributed by atoms with Crippen molar-refractivity contribution in [2.75, 3.05) is 13.2 Å². The molecular weight excluding hydrogens is 258 g/mol. The maximum atomic E-state index is 5.74. The Morgan fingerprint density at radius 2 is 2.19 bits per heavy atom. The normalized spacial score (nSPS) is 19.9. The van der Waals surface area contributed by atoms with Crippen LogP contribution in [0.5, 0.6) is 0 Å². The lowest BCUT2D eigenvalue weighted by molar-refractivity contribution is 0.101. The summed E-state index contributed by atoms with van der Waals surface area (Å²) in [6.07, 6.45) is 7.90. The molecule has 1 heterocycles. The zero-order valence-corrected chi connectivity index (χ0v) is 14.0. The van der Waals surface area contributed by atoms with Crippen LogP contribution in [0, 0.1) is 13.8 Å². The molecule has 0 amide bonds. The third kappa shape index (κ3) is 5.12. The zero-order chi connectivity index (χ0) is 15.1. The summed E-state index contributed by atoms with van der Waals surface area (Å²) >= 11 is 0. The van der Waals surface area contributed by atoms with Gasteiger partial charge in [-0.1, -0.05) is 30.7 Å². The maximum Gasteiger partial charge on any atom is 0.0576 e. The first-order valence-corrected chi connectivity index (χ1v) is 8.63. The second-order valence-electron chi connectivity index (χ2n) is 6.43. The number of hydrogen-bond acceptors (Lipinski definition) is 2. The smallest absolute Gasteiger partial charge is 0.0576 e. The van der Waals surface area contributed by atoms with Crippen LogP contribution in [0.2, 0.25) is 0 Å². The molecule has 1 aromatic carbocycles. The van der Waals surface area contributed by atoms with Crippen LogP contribution in [0.25, 0.3) is 0 Å². The lowest BCUT2D eigenvalue weighted by atomic mass is 9.94. The van der Waals surface area contributed by atoms with E-state index in [0.29, 0.717) is 12.1 Å². The standard InChI is InChI=1S/C19H31NO/c1-4-12-20-19(9-5-7-17-8-6-13-21-17)18-11-10-15(2)14-16(18)3/h10-11,14,17,19-20H,4-9,12-13H2,1-3H3. The van der Waals surface area contributed by atoms with Crippen molar-refractivity contribution in [1.29, 1.82) is 0 Å². The van der Waals surface area contributed by atoms with Crippen LogP contribution >= 0.6 is 0 Å². The second kappa shape index (κ2) is 8.55. The molecule has 2 heteroatoms. The van der Waals surface area contributed by atoms with E-state index in [1.807, 2.05) is 0 Å². The Bertz CT molecular complexity index is 424. The van der Waals surface area contributed by atoms with E-state index in [9.17, 15) is 0 Å². The van der Waals surface area contributed by atoms with Gasteiger partial charge in [-0.2, -0.15) is 0 Å². The summed E-state index contributed by atoms with van der Waals surface area (Å²) < 4.78 is 5.74. The predicted octanol–water partition coefficient (Wildman–Crippen LogP) is 4.69. The topological polar surface area (TPSA) is 21.3 Å². The van der Waals surface area contributed by atoms with Crippen molar-refractivity contribution in [2.45, 2.75) is 71.4 Å². The highest BCUT2D eigenvalue weighted by Gasteiger charge is 2.17. The minimum absolute atomic E-state index is 0.493. The number of hydrogen-bond donors (Lipinski definition) is 1. The fraction of sp³-hybridized carbons (Fsp3) is 0.684. The van der Waals surface area contributed by atoms with Crippen molar-refractivity contribution in [3.8, 4) is 0 Å². The third-order valence-corrected chi connectivity index (χ3v) is 4.48. The van der Waals surface area contributed by atoms with E-state index in [-0.39, 0.29) is 0 Å². The van der Waals surface area contributed by atoms with E-state index in [1.54, 1.807) is 0 Å². The van der Waals surface area contributed by atoms with Crippen LogP contribution in [0.15, 0.2) is 18.2 Å². The predicted molar refractivity (Wildman–Crippen MR) is 89.8 cm³/mol. The molecule has 2 nitrogen and oxygen atoms in total. The number of benzene rings is 1. The summed E-state index contributed by atoms with van der Waals surface area (Å²) in [5, 5.41) is 3.73. The molecule has 0 spiro atoms. The Balaban J connectivity index is 1.92. The monoisotopic (exact) mass is 289 g/mol. The highest BCUT2D eigenvalue weighted by molar-refractivity contribution is 5.32. The molecule has 1 N–H and O–H groups in total. The quantitative estimate of drug-likeness (QED) is 0.749. The van der Waals surface area contributed by atoms with Gasteiger partial charge in [0.1, 0.15) is 0 Å². The highest BCUT2D eigenvalue weighted by Crippen LogP contribution is 2.26. The summed E-state index contributed by atoms with van der Waals surface area (Å²) in [7, 11) is 0. The van der Waals surface area contributed by atoms with E-state index in [2.05, 4.69) is 44.3 Å². The van der Waals surface area contributed by atoms with Crippen LogP contribution in [0.1, 0.15) is 68.2 Å². The third-order valence-electron chi connectivity index (χ3n) is 4.48. The van der Waals surface area contributed by atoms with Gasteiger partial charge in [0.15, 0.2) is 0 Å². The second-order valence-corrected chi connectivity index (χ2v) is 6.43. The minimum atomic E-state index is 0.493. The van der Waals surface area contributed by atoms with Gasteiger partial charge in [0.2, 0.25) is 0 Å². The van der Waals surface area contributed by atoms with Gasteiger partial charge in [-0.25, -0.2) is 0 Å². The number of aryl methyl sites for hydroxylation is 2. The first kappa shape index (κ1) is 16.5. The van der Waals surface area contributed by atoms with E-state index >= 15 is 0 Å². The Morgan fingerprint density at radius 1 is 1.33 bits per heavy atom. The zero-order valence-electron chi connectivity index (χ0n) is 14.0. The van der Waals surface area contributed by atoms with Gasteiger partial charge < -0.3 is 10.1 Å². The first-order chi connectivity index (χ1) is 10.2. The Labute approximate surface area is 130 Å². The minimum Gasteiger partial charge on any atom is -0.378 e. The molecule has 1 fully saturated rings. The molecule has 2 atom stereocenters. The van der Waals surface area contributed by atoms with E-state index < -0.39 is 0 Å². The fourth-order valence-corrected chi connectivity index (χ4v) is 3.32. The van der Waals surface area contributed by atoms with Crippen molar-refractivity contribution in [1.82, 2.24) is 5.32 Å². The maximum absolute atomic E-state index is 5.74. The molecule has 118 valence electrons. The van der Waals surface area contributed by atoms with Gasteiger partial charge in [0.05, 0.1) is 6.10 Å². The van der Waals surface area contributed by atoms with Gasteiger partial charge in [0.25, 0.3) is 0 Å². The molecule has 0 radical (unpaired) electrons. The first-order valence-electron chi connectivity index (χ1n) is 8.63. The SMILES string of the molecule is CCCNC(CCCC1CCCO1)c1ccc(C)cc1C. The van der Waals surface area contributed by atoms with Crippen molar-refractivity contribution < 1.29 is 4.74 Å². The molecule has 1 aliphatic heterocycles. The number of ether oxygens (including phenoxy) is 1. The van der Waals surface area contributed by atoms with Gasteiger partial charge >= 0.3 is 0 Å². The van der Waals surface area contributed by atoms with E-state index in [1.165, 1.54) is 55.2 Å². The number of nitrogens with one attached hydrogen (secondary N) is 1. The van der Waals surface area contributed by atoms with Crippen LogP contribution in [0.3, 0.4) is 0 Å². The van der Waals surface area contributed by atoms with Crippen LogP contribution in [-0.4, -0.2) is 19.3 Å². The molecule has 2 unspecified atom stereocenters. The summed E-state index contributed by atoms with van der Waals surface area (Å²) in [5.74, 6) is 0. The Hall–Kier alpha value is -0.860. The highest BCUT2D eigenvalue weighted by atomic mass is 16.5. The van der Waals surface area contributed by atoms with E-state index in [0.717, 1.165) is 13.2 Å². The van der Waals surface area contributed by atoms with Crippen LogP contribution < -0.4 is 5.32 Å². The summed E-state index contributed by atoms with van der Waals surface area (Å²) in [5.41, 5.74) is 4.24. The molecule has 21 heavy (non-hydrogen) atoms. The van der Waals surface area contributed by atoms with Crippen LogP contribution in [-0.2, 0) is 4.74 Å². The number of rotatable bonds is 8. The lowest BCUT2D eigenvalue weighted by Gasteiger charge is -2.22. The van der Waals surface area contributed by atoms with Gasteiger partial charge in [-0.3, -0.25) is 0 Å². The summed E-state index contributed by atoms with van der Waals surface area (Å²) in [4.78, 5) is 0. The largest absolute Gasteiger partial charge is 0.378 e. The van der Waals surface area contributed by atoms with Gasteiger partial charge in [-0.05, 0) is 70.0 Å². The average Bonchev–Trinajstić information content (AvgIpc) is 2.96. The van der Waals surface area contributed by atoms with Crippen molar-refractivity contribution in [3.63, 3.8) is 0 Å². The van der Waals surface area contributed by atoms with Gasteiger partial charge in [0, 0.05) is 12.6 Å². The molecule has 1 saturated heterocycles. The summed E-state index contributed by atoms with van der Waals surface area (Å²) in [6.45, 7) is 8.71. The molecule has 1 aromatic rings. The van der Waals surface area contributed by atoms with Crippen molar-refractivity contribution in [3.05, 3.63) is 34.9 Å². The van der Waals surface area contributed by atoms with Gasteiger partial charge in [-0.15, -0.1) is 0 Å². The Morgan fingerprint density at radius 3 is 2.86 bits per heavy atom. The average molecular weight is 289 g/mol. The fourth-order valence-electron chi connectivity index (χ4n) is 3.32. The molecule has 0 bridgehead atoms.